The van der Waals surface area contributed by atoms with E-state index in [1.165, 1.54) is 5.56 Å². The average molecular weight is 227 g/mol. The zero-order valence-electron chi connectivity index (χ0n) is 10.5. The first kappa shape index (κ1) is 13.2. The standard InChI is InChI=1S/C11H21N3O2/c1-5-10-9(8-14(2)13-10)6-12-7-11(15-3)16-4/h8,11-12H,5-7H2,1-4H3. The molecule has 0 fully saturated rings. The number of rotatable bonds is 7. The first-order valence-corrected chi connectivity index (χ1v) is 5.49. The zero-order chi connectivity index (χ0) is 12.0. The van der Waals surface area contributed by atoms with Crippen LogP contribution in [0.1, 0.15) is 18.2 Å². The van der Waals surface area contributed by atoms with Crippen LogP contribution in [0.2, 0.25) is 0 Å². The summed E-state index contributed by atoms with van der Waals surface area (Å²) in [6.07, 6.45) is 2.80. The van der Waals surface area contributed by atoms with Gasteiger partial charge in [-0.05, 0) is 6.42 Å². The summed E-state index contributed by atoms with van der Waals surface area (Å²) in [7, 11) is 5.21. The normalized spacial score (nSPS) is 11.3. The predicted octanol–water partition coefficient (Wildman–Crippen LogP) is 0.691. The van der Waals surface area contributed by atoms with E-state index in [9.17, 15) is 0 Å². The van der Waals surface area contributed by atoms with Gasteiger partial charge in [0.25, 0.3) is 0 Å². The van der Waals surface area contributed by atoms with Crippen molar-refractivity contribution in [3.8, 4) is 0 Å². The van der Waals surface area contributed by atoms with E-state index in [1.807, 2.05) is 17.9 Å². The Morgan fingerprint density at radius 3 is 2.69 bits per heavy atom. The summed E-state index contributed by atoms with van der Waals surface area (Å²) in [6, 6.07) is 0. The van der Waals surface area contributed by atoms with Crippen LogP contribution in [0.5, 0.6) is 0 Å². The van der Waals surface area contributed by atoms with Gasteiger partial charge in [-0.15, -0.1) is 0 Å². The van der Waals surface area contributed by atoms with Gasteiger partial charge in [0.05, 0.1) is 5.69 Å². The summed E-state index contributed by atoms with van der Waals surface area (Å²) < 4.78 is 12.0. The van der Waals surface area contributed by atoms with E-state index in [2.05, 4.69) is 17.3 Å². The number of aromatic nitrogens is 2. The third-order valence-corrected chi connectivity index (χ3v) is 2.48. The third kappa shape index (κ3) is 3.59. The van der Waals surface area contributed by atoms with E-state index >= 15 is 0 Å². The molecule has 1 rings (SSSR count). The molecule has 0 aliphatic rings. The first-order valence-electron chi connectivity index (χ1n) is 5.49. The van der Waals surface area contributed by atoms with Gasteiger partial charge in [0.1, 0.15) is 0 Å². The fourth-order valence-corrected chi connectivity index (χ4v) is 1.62. The van der Waals surface area contributed by atoms with Crippen molar-refractivity contribution in [3.05, 3.63) is 17.5 Å². The maximum absolute atomic E-state index is 5.09. The highest BCUT2D eigenvalue weighted by molar-refractivity contribution is 5.16. The first-order chi connectivity index (χ1) is 7.71. The minimum absolute atomic E-state index is 0.193. The molecule has 1 aromatic rings. The molecular formula is C11H21N3O2. The van der Waals surface area contributed by atoms with Gasteiger partial charge in [0.2, 0.25) is 0 Å². The van der Waals surface area contributed by atoms with Crippen LogP contribution in [0.25, 0.3) is 0 Å². The quantitative estimate of drug-likeness (QED) is 0.696. The minimum atomic E-state index is -0.193. The highest BCUT2D eigenvalue weighted by Gasteiger charge is 2.07. The summed E-state index contributed by atoms with van der Waals surface area (Å²) in [4.78, 5) is 0. The van der Waals surface area contributed by atoms with Crippen LogP contribution < -0.4 is 5.32 Å². The Balaban J connectivity index is 2.41. The molecule has 92 valence electrons. The summed E-state index contributed by atoms with van der Waals surface area (Å²) in [5, 5.41) is 7.67. The van der Waals surface area contributed by atoms with Crippen molar-refractivity contribution in [1.82, 2.24) is 15.1 Å². The zero-order valence-corrected chi connectivity index (χ0v) is 10.5. The van der Waals surface area contributed by atoms with Crippen LogP contribution >= 0.6 is 0 Å². The number of aryl methyl sites for hydroxylation is 2. The number of nitrogens with zero attached hydrogens (tertiary/aromatic N) is 2. The van der Waals surface area contributed by atoms with Crippen LogP contribution in [0.3, 0.4) is 0 Å². The summed E-state index contributed by atoms with van der Waals surface area (Å²) >= 11 is 0. The van der Waals surface area contributed by atoms with Gasteiger partial charge in [-0.25, -0.2) is 0 Å². The fraction of sp³-hybridized carbons (Fsp3) is 0.727. The molecule has 0 radical (unpaired) electrons. The van der Waals surface area contributed by atoms with Gasteiger partial charge in [0, 0.05) is 46.1 Å². The number of methoxy groups -OCH3 is 2. The van der Waals surface area contributed by atoms with Crippen LogP contribution in [-0.2, 0) is 29.5 Å². The molecule has 5 nitrogen and oxygen atoms in total. The Morgan fingerprint density at radius 1 is 1.44 bits per heavy atom. The summed E-state index contributed by atoms with van der Waals surface area (Å²) in [5.74, 6) is 0. The molecule has 5 heteroatoms. The van der Waals surface area contributed by atoms with Crippen molar-refractivity contribution in [3.63, 3.8) is 0 Å². The van der Waals surface area contributed by atoms with Crippen molar-refractivity contribution in [2.45, 2.75) is 26.2 Å². The number of hydrogen-bond donors (Lipinski definition) is 1. The van der Waals surface area contributed by atoms with Crippen molar-refractivity contribution in [1.29, 1.82) is 0 Å². The number of hydrogen-bond acceptors (Lipinski definition) is 4. The lowest BCUT2D eigenvalue weighted by molar-refractivity contribution is -0.0989. The minimum Gasteiger partial charge on any atom is -0.355 e. The van der Waals surface area contributed by atoms with Crippen LogP contribution in [-0.4, -0.2) is 36.8 Å². The molecular weight excluding hydrogens is 206 g/mol. The molecule has 0 aliphatic heterocycles. The van der Waals surface area contributed by atoms with E-state index in [4.69, 9.17) is 9.47 Å². The molecule has 0 unspecified atom stereocenters. The van der Waals surface area contributed by atoms with Gasteiger partial charge < -0.3 is 14.8 Å². The Hall–Kier alpha value is -0.910. The molecule has 0 spiro atoms. The van der Waals surface area contributed by atoms with Crippen LogP contribution in [0.4, 0.5) is 0 Å². The lowest BCUT2D eigenvalue weighted by Crippen LogP contribution is -2.29. The highest BCUT2D eigenvalue weighted by atomic mass is 16.7. The van der Waals surface area contributed by atoms with E-state index in [0.29, 0.717) is 6.54 Å². The van der Waals surface area contributed by atoms with Crippen LogP contribution in [0, 0.1) is 0 Å². The van der Waals surface area contributed by atoms with E-state index in [1.54, 1.807) is 14.2 Å². The Kier molecular flexibility index (Phi) is 5.45. The SMILES string of the molecule is CCc1nn(C)cc1CNCC(OC)OC. The Bertz CT molecular complexity index is 308. The second kappa shape index (κ2) is 6.62. The molecule has 0 saturated carbocycles. The molecule has 16 heavy (non-hydrogen) atoms. The van der Waals surface area contributed by atoms with E-state index < -0.39 is 0 Å². The van der Waals surface area contributed by atoms with Crippen LogP contribution in [0.15, 0.2) is 6.20 Å². The summed E-state index contributed by atoms with van der Waals surface area (Å²) in [5.41, 5.74) is 2.37. The van der Waals surface area contributed by atoms with E-state index in [-0.39, 0.29) is 6.29 Å². The smallest absolute Gasteiger partial charge is 0.169 e. The number of ether oxygens (including phenoxy) is 2. The second-order valence-corrected chi connectivity index (χ2v) is 3.66. The topological polar surface area (TPSA) is 48.3 Å². The molecule has 1 aromatic heterocycles. The van der Waals surface area contributed by atoms with Crippen molar-refractivity contribution in [2.24, 2.45) is 7.05 Å². The summed E-state index contributed by atoms with van der Waals surface area (Å²) in [6.45, 7) is 3.57. The lowest BCUT2D eigenvalue weighted by atomic mass is 10.2. The second-order valence-electron chi connectivity index (χ2n) is 3.66. The average Bonchev–Trinajstić information content (AvgIpc) is 2.65. The molecule has 1 N–H and O–H groups in total. The Labute approximate surface area is 96.7 Å². The molecule has 0 bridgehead atoms. The number of nitrogens with one attached hydrogen (secondary N) is 1. The van der Waals surface area contributed by atoms with Gasteiger partial charge >= 0.3 is 0 Å². The largest absolute Gasteiger partial charge is 0.355 e. The third-order valence-electron chi connectivity index (χ3n) is 2.48. The van der Waals surface area contributed by atoms with Crippen molar-refractivity contribution < 1.29 is 9.47 Å². The molecule has 0 saturated heterocycles. The highest BCUT2D eigenvalue weighted by Crippen LogP contribution is 2.06. The monoisotopic (exact) mass is 227 g/mol. The van der Waals surface area contributed by atoms with Gasteiger partial charge in [-0.2, -0.15) is 5.10 Å². The predicted molar refractivity (Wildman–Crippen MR) is 62.1 cm³/mol. The van der Waals surface area contributed by atoms with E-state index in [0.717, 1.165) is 18.7 Å². The molecule has 1 heterocycles. The maximum Gasteiger partial charge on any atom is 0.169 e. The lowest BCUT2D eigenvalue weighted by Gasteiger charge is -2.13. The maximum atomic E-state index is 5.09. The molecule has 0 amide bonds. The molecule has 0 aliphatic carbocycles. The van der Waals surface area contributed by atoms with Gasteiger partial charge in [-0.1, -0.05) is 6.92 Å². The van der Waals surface area contributed by atoms with Crippen molar-refractivity contribution >= 4 is 0 Å². The van der Waals surface area contributed by atoms with Crippen molar-refractivity contribution in [2.75, 3.05) is 20.8 Å². The van der Waals surface area contributed by atoms with Gasteiger partial charge in [-0.3, -0.25) is 4.68 Å². The Morgan fingerprint density at radius 2 is 2.12 bits per heavy atom. The fourth-order valence-electron chi connectivity index (χ4n) is 1.62. The molecule has 0 atom stereocenters. The molecule has 0 aromatic carbocycles. The van der Waals surface area contributed by atoms with Gasteiger partial charge in [0.15, 0.2) is 6.29 Å².